The summed E-state index contributed by atoms with van der Waals surface area (Å²) < 4.78 is 8.54. The average Bonchev–Trinajstić information content (AvgIpc) is 3.64. The Morgan fingerprint density at radius 1 is 0.550 bits per heavy atom. The van der Waals surface area contributed by atoms with Crippen molar-refractivity contribution in [1.29, 1.82) is 0 Å². The van der Waals surface area contributed by atoms with Crippen LogP contribution in [0, 0.1) is 0 Å². The fraction of sp³-hybridized carbons (Fsp3) is 0. The molecule has 0 saturated carbocycles. The largest absolute Gasteiger partial charge is 0.416 e. The maximum Gasteiger partial charge on any atom is 0.248 e. The first kappa shape index (κ1) is 21.4. The molecule has 0 N–H and O–H groups in total. The molecule has 0 saturated heterocycles. The topological polar surface area (TPSA) is 56.7 Å². The molecular weight excluding hydrogens is 492 g/mol. The van der Waals surface area contributed by atoms with Crippen LogP contribution >= 0.6 is 0 Å². The summed E-state index contributed by atoms with van der Waals surface area (Å²) in [6, 6.07) is 38.0. The van der Waals surface area contributed by atoms with Gasteiger partial charge in [0.15, 0.2) is 0 Å². The number of pyridine rings is 1. The van der Waals surface area contributed by atoms with E-state index in [4.69, 9.17) is 4.42 Å². The quantitative estimate of drug-likeness (QED) is 0.222. The standard InChI is InChI=1S/C35H20N4O/c1-3-7-22(8-4-1)34-37-38-35(40-34)26-15-11-21-12-16-27-32-23(13-14-25(26)31(21)32)19-30-33(27)28-20-36-18-17-29(28)39(30)24-9-5-2-6-10-24/h1-20H. The highest BCUT2D eigenvalue weighted by molar-refractivity contribution is 6.33. The van der Waals surface area contributed by atoms with Crippen LogP contribution in [-0.4, -0.2) is 19.7 Å². The smallest absolute Gasteiger partial charge is 0.248 e. The van der Waals surface area contributed by atoms with Crippen LogP contribution in [0.3, 0.4) is 0 Å². The van der Waals surface area contributed by atoms with Gasteiger partial charge in [-0.25, -0.2) is 0 Å². The Kier molecular flexibility index (Phi) is 4.27. The first-order chi connectivity index (χ1) is 19.8. The lowest BCUT2D eigenvalue weighted by molar-refractivity contribution is 0.585. The first-order valence-electron chi connectivity index (χ1n) is 13.3. The van der Waals surface area contributed by atoms with E-state index in [0.29, 0.717) is 11.8 Å². The van der Waals surface area contributed by atoms with Crippen molar-refractivity contribution >= 4 is 54.1 Å². The molecule has 6 aromatic carbocycles. The van der Waals surface area contributed by atoms with E-state index in [0.717, 1.165) is 33.1 Å². The minimum absolute atomic E-state index is 0.518. The molecule has 5 nitrogen and oxygen atoms in total. The molecule has 186 valence electrons. The molecule has 40 heavy (non-hydrogen) atoms. The van der Waals surface area contributed by atoms with Gasteiger partial charge in [-0.2, -0.15) is 0 Å². The highest BCUT2D eigenvalue weighted by Crippen LogP contribution is 2.44. The maximum atomic E-state index is 6.19. The van der Waals surface area contributed by atoms with E-state index in [9.17, 15) is 0 Å². The van der Waals surface area contributed by atoms with Gasteiger partial charge < -0.3 is 8.98 Å². The van der Waals surface area contributed by atoms with Crippen molar-refractivity contribution in [1.82, 2.24) is 19.7 Å². The number of hydrogen-bond acceptors (Lipinski definition) is 4. The molecule has 0 bridgehead atoms. The molecular formula is C35H20N4O. The van der Waals surface area contributed by atoms with Crippen LogP contribution < -0.4 is 0 Å². The molecule has 0 amide bonds. The van der Waals surface area contributed by atoms with Crippen molar-refractivity contribution in [3.05, 3.63) is 122 Å². The fourth-order valence-corrected chi connectivity index (χ4v) is 6.30. The first-order valence-corrected chi connectivity index (χ1v) is 13.3. The van der Waals surface area contributed by atoms with Gasteiger partial charge >= 0.3 is 0 Å². The summed E-state index contributed by atoms with van der Waals surface area (Å²) in [5.74, 6) is 1.04. The number of fused-ring (bicyclic) bond motifs is 4. The van der Waals surface area contributed by atoms with Gasteiger partial charge in [-0.15, -0.1) is 10.2 Å². The van der Waals surface area contributed by atoms with E-state index < -0.39 is 0 Å². The number of benzene rings is 6. The molecule has 0 aliphatic carbocycles. The van der Waals surface area contributed by atoms with Crippen molar-refractivity contribution in [3.8, 4) is 28.6 Å². The normalized spacial score (nSPS) is 12.0. The third-order valence-corrected chi connectivity index (χ3v) is 8.00. The Morgan fingerprint density at radius 3 is 2.15 bits per heavy atom. The second kappa shape index (κ2) is 7.98. The van der Waals surface area contributed by atoms with Crippen LogP contribution in [0.25, 0.3) is 82.7 Å². The van der Waals surface area contributed by atoms with Crippen molar-refractivity contribution in [2.24, 2.45) is 0 Å². The number of rotatable bonds is 3. The Balaban J connectivity index is 1.37. The minimum Gasteiger partial charge on any atom is -0.416 e. The van der Waals surface area contributed by atoms with Gasteiger partial charge in [-0.05, 0) is 74.8 Å². The Morgan fingerprint density at radius 2 is 1.27 bits per heavy atom. The maximum absolute atomic E-state index is 6.19. The van der Waals surface area contributed by atoms with E-state index in [1.54, 1.807) is 0 Å². The number of para-hydroxylation sites is 1. The molecule has 0 spiro atoms. The van der Waals surface area contributed by atoms with Crippen LogP contribution in [0.5, 0.6) is 0 Å². The fourth-order valence-electron chi connectivity index (χ4n) is 6.30. The van der Waals surface area contributed by atoms with Crippen LogP contribution in [0.15, 0.2) is 126 Å². The average molecular weight is 513 g/mol. The molecule has 0 radical (unpaired) electrons. The highest BCUT2D eigenvalue weighted by atomic mass is 16.4. The summed E-state index contributed by atoms with van der Waals surface area (Å²) in [5, 5.41) is 18.3. The molecule has 9 aromatic rings. The Labute approximate surface area is 228 Å². The third kappa shape index (κ3) is 2.89. The van der Waals surface area contributed by atoms with E-state index in [1.807, 2.05) is 42.7 Å². The zero-order chi connectivity index (χ0) is 26.2. The molecule has 0 atom stereocenters. The van der Waals surface area contributed by atoms with Crippen LogP contribution in [0.4, 0.5) is 0 Å². The second-order valence-corrected chi connectivity index (χ2v) is 10.1. The van der Waals surface area contributed by atoms with Crippen molar-refractivity contribution in [2.45, 2.75) is 0 Å². The van der Waals surface area contributed by atoms with Crippen molar-refractivity contribution in [2.75, 3.05) is 0 Å². The summed E-state index contributed by atoms with van der Waals surface area (Å²) in [6.07, 6.45) is 3.86. The lowest BCUT2D eigenvalue weighted by atomic mass is 9.90. The molecule has 5 heteroatoms. The summed E-state index contributed by atoms with van der Waals surface area (Å²) in [5.41, 5.74) is 5.29. The lowest BCUT2D eigenvalue weighted by Crippen LogP contribution is -1.94. The molecule has 9 rings (SSSR count). The van der Waals surface area contributed by atoms with Crippen molar-refractivity contribution in [3.63, 3.8) is 0 Å². The van der Waals surface area contributed by atoms with Crippen LogP contribution in [0.2, 0.25) is 0 Å². The number of nitrogens with zero attached hydrogens (tertiary/aromatic N) is 4. The second-order valence-electron chi connectivity index (χ2n) is 10.1. The zero-order valence-electron chi connectivity index (χ0n) is 21.2. The monoisotopic (exact) mass is 512 g/mol. The van der Waals surface area contributed by atoms with Gasteiger partial charge in [-0.3, -0.25) is 4.98 Å². The summed E-state index contributed by atoms with van der Waals surface area (Å²) in [7, 11) is 0. The van der Waals surface area contributed by atoms with Gasteiger partial charge in [0, 0.05) is 40.0 Å². The lowest BCUT2D eigenvalue weighted by Gasteiger charge is -2.14. The van der Waals surface area contributed by atoms with E-state index in [1.165, 1.54) is 37.8 Å². The Hall–Kier alpha value is -5.55. The van der Waals surface area contributed by atoms with Gasteiger partial charge in [0.05, 0.1) is 11.0 Å². The number of hydrogen-bond donors (Lipinski definition) is 0. The van der Waals surface area contributed by atoms with E-state index in [2.05, 4.69) is 98.6 Å². The summed E-state index contributed by atoms with van der Waals surface area (Å²) >= 11 is 0. The SMILES string of the molecule is c1ccc(-c2nnc(-c3ccc4ccc5c6c(ccc3c46)cc3c5c4cnccc4n3-c3ccccc3)o2)cc1. The van der Waals surface area contributed by atoms with Gasteiger partial charge in [0.25, 0.3) is 0 Å². The van der Waals surface area contributed by atoms with E-state index >= 15 is 0 Å². The van der Waals surface area contributed by atoms with Gasteiger partial charge in [-0.1, -0.05) is 66.7 Å². The summed E-state index contributed by atoms with van der Waals surface area (Å²) in [6.45, 7) is 0. The highest BCUT2D eigenvalue weighted by Gasteiger charge is 2.21. The zero-order valence-corrected chi connectivity index (χ0v) is 21.2. The molecule has 0 aliphatic heterocycles. The van der Waals surface area contributed by atoms with Gasteiger partial charge in [0.2, 0.25) is 11.8 Å². The van der Waals surface area contributed by atoms with Crippen LogP contribution in [0.1, 0.15) is 0 Å². The minimum atomic E-state index is 0.518. The predicted octanol–water partition coefficient (Wildman–Crippen LogP) is 8.79. The third-order valence-electron chi connectivity index (χ3n) is 8.00. The number of aromatic nitrogens is 4. The Bertz CT molecular complexity index is 2370. The molecule has 3 heterocycles. The van der Waals surface area contributed by atoms with Crippen molar-refractivity contribution < 1.29 is 4.42 Å². The van der Waals surface area contributed by atoms with E-state index in [-0.39, 0.29) is 0 Å². The molecule has 3 aromatic heterocycles. The molecule has 0 unspecified atom stereocenters. The molecule has 0 aliphatic rings. The van der Waals surface area contributed by atoms with Crippen LogP contribution in [-0.2, 0) is 0 Å². The summed E-state index contributed by atoms with van der Waals surface area (Å²) in [4.78, 5) is 4.52. The molecule has 0 fully saturated rings. The predicted molar refractivity (Wildman–Crippen MR) is 161 cm³/mol. The van der Waals surface area contributed by atoms with Gasteiger partial charge in [0.1, 0.15) is 0 Å².